The minimum atomic E-state index is -4.69. The van der Waals surface area contributed by atoms with Gasteiger partial charge in [0.05, 0.1) is 28.6 Å². The Kier molecular flexibility index (Phi) is 7.65. The number of nitrogens with one attached hydrogen (secondary N) is 1. The zero-order valence-electron chi connectivity index (χ0n) is 17.5. The lowest BCUT2D eigenvalue weighted by atomic mass is 9.99. The fourth-order valence-electron chi connectivity index (χ4n) is 3.03. The third-order valence-corrected chi connectivity index (χ3v) is 6.35. The van der Waals surface area contributed by atoms with Crippen molar-refractivity contribution in [2.24, 2.45) is 0 Å². The molecule has 0 aliphatic heterocycles. The summed E-state index contributed by atoms with van der Waals surface area (Å²) in [6.07, 6.45) is -3.35. The highest BCUT2D eigenvalue weighted by Crippen LogP contribution is 2.36. The van der Waals surface area contributed by atoms with Crippen LogP contribution in [0.3, 0.4) is 0 Å². The van der Waals surface area contributed by atoms with Gasteiger partial charge in [-0.2, -0.15) is 13.2 Å². The highest BCUT2D eigenvalue weighted by molar-refractivity contribution is 7.92. The van der Waals surface area contributed by atoms with Crippen LogP contribution in [0.2, 0.25) is 5.02 Å². The molecule has 0 fully saturated rings. The molecule has 1 N–H and O–H groups in total. The van der Waals surface area contributed by atoms with Crippen LogP contribution in [0.15, 0.2) is 36.4 Å². The van der Waals surface area contributed by atoms with Crippen molar-refractivity contribution in [2.45, 2.75) is 39.4 Å². The molecule has 1 unspecified atom stereocenters. The number of aryl methyl sites for hydroxylation is 2. The number of nitrogens with zero attached hydrogens (tertiary/aromatic N) is 1. The lowest BCUT2D eigenvalue weighted by molar-refractivity contribution is -0.137. The monoisotopic (exact) mass is 476 g/mol. The first-order valence-electron chi connectivity index (χ1n) is 9.45. The molecule has 1 amide bonds. The molecular weight excluding hydrogens is 453 g/mol. The molecule has 0 heterocycles. The van der Waals surface area contributed by atoms with E-state index in [1.54, 1.807) is 0 Å². The smallest absolute Gasteiger partial charge is 0.348 e. The van der Waals surface area contributed by atoms with Gasteiger partial charge in [-0.15, -0.1) is 0 Å². The van der Waals surface area contributed by atoms with Crippen molar-refractivity contribution in [1.29, 1.82) is 0 Å². The number of benzene rings is 2. The third-order valence-electron chi connectivity index (χ3n) is 4.91. The molecule has 1 atom stereocenters. The molecule has 0 saturated heterocycles. The molecule has 2 aromatic carbocycles. The maximum Gasteiger partial charge on any atom is 0.416 e. The number of amides is 1. The molecule has 2 rings (SSSR count). The Hall–Kier alpha value is -2.26. The number of carbonyl (C=O) groups excluding carboxylic acids is 1. The van der Waals surface area contributed by atoms with Gasteiger partial charge < -0.3 is 5.32 Å². The number of carbonyl (C=O) groups is 1. The predicted octanol–water partition coefficient (Wildman–Crippen LogP) is 5.01. The molecule has 0 aliphatic carbocycles. The summed E-state index contributed by atoms with van der Waals surface area (Å²) in [5.74, 6) is -0.663. The van der Waals surface area contributed by atoms with Crippen LogP contribution in [0.4, 0.5) is 18.9 Å². The number of hydrogen-bond acceptors (Lipinski definition) is 3. The molecule has 10 heteroatoms. The number of hydrogen-bond donors (Lipinski definition) is 1. The van der Waals surface area contributed by atoms with Gasteiger partial charge in [-0.05, 0) is 55.2 Å². The van der Waals surface area contributed by atoms with Crippen molar-refractivity contribution in [2.75, 3.05) is 17.1 Å². The first-order chi connectivity index (χ1) is 14.2. The van der Waals surface area contributed by atoms with Gasteiger partial charge in [0.25, 0.3) is 0 Å². The average Bonchev–Trinajstić information content (AvgIpc) is 2.65. The quantitative estimate of drug-likeness (QED) is 0.611. The molecule has 170 valence electrons. The molecule has 0 saturated carbocycles. The summed E-state index contributed by atoms with van der Waals surface area (Å²) in [4.78, 5) is 12.7. The topological polar surface area (TPSA) is 66.5 Å². The Labute approximate surface area is 185 Å². The molecular formula is C21H24ClF3N2O3S. The van der Waals surface area contributed by atoms with Crippen LogP contribution >= 0.6 is 11.6 Å². The van der Waals surface area contributed by atoms with Gasteiger partial charge in [0.1, 0.15) is 6.54 Å². The fraction of sp³-hybridized carbons (Fsp3) is 0.381. The number of alkyl halides is 3. The van der Waals surface area contributed by atoms with Gasteiger partial charge in [-0.25, -0.2) is 8.42 Å². The van der Waals surface area contributed by atoms with Crippen LogP contribution in [0.25, 0.3) is 0 Å². The molecule has 0 aromatic heterocycles. The lowest BCUT2D eigenvalue weighted by Crippen LogP contribution is -2.41. The fourth-order valence-corrected chi connectivity index (χ4v) is 4.16. The molecule has 0 spiro atoms. The van der Waals surface area contributed by atoms with Crippen molar-refractivity contribution in [3.63, 3.8) is 0 Å². The zero-order chi connectivity index (χ0) is 23.6. The standard InChI is InChI=1S/C21H24ClF3N2O3S/c1-5-18(15-7-6-13(2)14(3)10-15)26-20(28)12-27(31(4,29)30)19-11-16(21(23,24)25)8-9-17(19)22/h6-11,18H,5,12H2,1-4H3,(H,26,28). The van der Waals surface area contributed by atoms with Crippen LogP contribution in [0.5, 0.6) is 0 Å². The second kappa shape index (κ2) is 9.48. The van der Waals surface area contributed by atoms with E-state index >= 15 is 0 Å². The second-order valence-corrected chi connectivity index (χ2v) is 9.62. The lowest BCUT2D eigenvalue weighted by Gasteiger charge is -2.25. The van der Waals surface area contributed by atoms with Gasteiger partial charge in [0.15, 0.2) is 0 Å². The molecule has 5 nitrogen and oxygen atoms in total. The summed E-state index contributed by atoms with van der Waals surface area (Å²) < 4.78 is 64.5. The second-order valence-electron chi connectivity index (χ2n) is 7.31. The maximum atomic E-state index is 13.1. The van der Waals surface area contributed by atoms with Gasteiger partial charge in [0, 0.05) is 0 Å². The van der Waals surface area contributed by atoms with Gasteiger partial charge in [-0.3, -0.25) is 9.10 Å². The van der Waals surface area contributed by atoms with E-state index in [1.807, 2.05) is 39.0 Å². The summed E-state index contributed by atoms with van der Waals surface area (Å²) in [6.45, 7) is 5.05. The van der Waals surface area contributed by atoms with Crippen LogP contribution < -0.4 is 9.62 Å². The van der Waals surface area contributed by atoms with E-state index in [9.17, 15) is 26.4 Å². The molecule has 0 bridgehead atoms. The Morgan fingerprint density at radius 2 is 1.77 bits per heavy atom. The summed E-state index contributed by atoms with van der Waals surface area (Å²) in [7, 11) is -4.10. The van der Waals surface area contributed by atoms with E-state index in [-0.39, 0.29) is 11.1 Å². The van der Waals surface area contributed by atoms with Crippen LogP contribution in [0.1, 0.15) is 41.6 Å². The molecule has 0 aliphatic rings. The first kappa shape index (κ1) is 25.0. The number of halogens is 4. The average molecular weight is 477 g/mol. The molecule has 0 radical (unpaired) electrons. The Morgan fingerprint density at radius 1 is 1.13 bits per heavy atom. The maximum absolute atomic E-state index is 13.1. The van der Waals surface area contributed by atoms with Crippen molar-refractivity contribution in [3.05, 3.63) is 63.7 Å². The van der Waals surface area contributed by atoms with Gasteiger partial charge in [-0.1, -0.05) is 36.7 Å². The van der Waals surface area contributed by atoms with Crippen molar-refractivity contribution in [1.82, 2.24) is 5.32 Å². The Balaban J connectivity index is 2.33. The summed E-state index contributed by atoms with van der Waals surface area (Å²) in [5.41, 5.74) is 1.50. The predicted molar refractivity (Wildman–Crippen MR) is 116 cm³/mol. The van der Waals surface area contributed by atoms with Crippen LogP contribution in [-0.4, -0.2) is 27.1 Å². The Morgan fingerprint density at radius 3 is 2.29 bits per heavy atom. The largest absolute Gasteiger partial charge is 0.416 e. The molecule has 31 heavy (non-hydrogen) atoms. The number of sulfonamides is 1. The van der Waals surface area contributed by atoms with E-state index < -0.39 is 39.9 Å². The molecule has 2 aromatic rings. The minimum absolute atomic E-state index is 0.215. The van der Waals surface area contributed by atoms with E-state index in [1.165, 1.54) is 0 Å². The first-order valence-corrected chi connectivity index (χ1v) is 11.7. The number of rotatable bonds is 7. The summed E-state index contributed by atoms with van der Waals surface area (Å²) >= 11 is 5.99. The van der Waals surface area contributed by atoms with Gasteiger partial charge in [0.2, 0.25) is 15.9 Å². The van der Waals surface area contributed by atoms with Crippen molar-refractivity contribution >= 4 is 33.2 Å². The normalized spacial score (nSPS) is 13.0. The van der Waals surface area contributed by atoms with Gasteiger partial charge >= 0.3 is 6.18 Å². The van der Waals surface area contributed by atoms with E-state index in [2.05, 4.69) is 5.32 Å². The van der Waals surface area contributed by atoms with Crippen molar-refractivity contribution in [3.8, 4) is 0 Å². The van der Waals surface area contributed by atoms with E-state index in [0.717, 1.165) is 35.1 Å². The highest BCUT2D eigenvalue weighted by atomic mass is 35.5. The summed E-state index contributed by atoms with van der Waals surface area (Å²) in [6, 6.07) is 7.67. The minimum Gasteiger partial charge on any atom is -0.348 e. The van der Waals surface area contributed by atoms with E-state index in [4.69, 9.17) is 11.6 Å². The number of anilines is 1. The van der Waals surface area contributed by atoms with Crippen LogP contribution in [0, 0.1) is 13.8 Å². The summed E-state index contributed by atoms with van der Waals surface area (Å²) in [5, 5.41) is 2.54. The Bertz CT molecular complexity index is 1070. The third kappa shape index (κ3) is 6.36. The highest BCUT2D eigenvalue weighted by Gasteiger charge is 2.33. The van der Waals surface area contributed by atoms with E-state index in [0.29, 0.717) is 16.8 Å². The zero-order valence-corrected chi connectivity index (χ0v) is 19.1. The van der Waals surface area contributed by atoms with Crippen molar-refractivity contribution < 1.29 is 26.4 Å². The SMILES string of the molecule is CCC(NC(=O)CN(c1cc(C(F)(F)F)ccc1Cl)S(C)(=O)=O)c1ccc(C)c(C)c1. The van der Waals surface area contributed by atoms with Crippen LogP contribution in [-0.2, 0) is 21.0 Å².